The number of rotatable bonds is 2. The van der Waals surface area contributed by atoms with Gasteiger partial charge in [0.1, 0.15) is 0 Å². The maximum atomic E-state index is 13.5. The summed E-state index contributed by atoms with van der Waals surface area (Å²) in [6.45, 7) is 2.11. The van der Waals surface area contributed by atoms with E-state index in [4.69, 9.17) is 0 Å². The fraction of sp³-hybridized carbons (Fsp3) is 0.217. The van der Waals surface area contributed by atoms with Gasteiger partial charge in [-0.1, -0.05) is 54.1 Å². The van der Waals surface area contributed by atoms with Gasteiger partial charge in [0.05, 0.1) is 0 Å². The monoisotopic (exact) mass is 334 g/mol. The molecule has 1 atom stereocenters. The molecule has 0 amide bonds. The van der Waals surface area contributed by atoms with Gasteiger partial charge in [0.2, 0.25) is 0 Å². The fourth-order valence-corrected chi connectivity index (χ4v) is 3.73. The molecule has 0 fully saturated rings. The smallest absolute Gasteiger partial charge is 0.159 e. The Kier molecular flexibility index (Phi) is 4.12. The highest BCUT2D eigenvalue weighted by Gasteiger charge is 2.20. The molecule has 126 valence electrons. The van der Waals surface area contributed by atoms with Gasteiger partial charge in [-0.25, -0.2) is 8.78 Å². The maximum absolute atomic E-state index is 13.5. The molecule has 0 heterocycles. The summed E-state index contributed by atoms with van der Waals surface area (Å²) in [5.74, 6) is -1.04. The molecule has 0 nitrogen and oxygen atoms in total. The van der Waals surface area contributed by atoms with Crippen LogP contribution in [0, 0.1) is 18.6 Å². The molecule has 1 unspecified atom stereocenters. The Morgan fingerprint density at radius 3 is 2.24 bits per heavy atom. The van der Waals surface area contributed by atoms with E-state index in [1.807, 2.05) is 6.07 Å². The van der Waals surface area contributed by atoms with Gasteiger partial charge in [-0.3, -0.25) is 0 Å². The van der Waals surface area contributed by atoms with Gasteiger partial charge < -0.3 is 0 Å². The lowest BCUT2D eigenvalue weighted by Crippen LogP contribution is -2.12. The lowest BCUT2D eigenvalue weighted by atomic mass is 9.79. The van der Waals surface area contributed by atoms with Gasteiger partial charge in [-0.05, 0) is 72.1 Å². The van der Waals surface area contributed by atoms with Gasteiger partial charge in [0.25, 0.3) is 0 Å². The SMILES string of the molecule is Cc1ccc(C2CCc3cc(-c4ccc(F)c(F)c4)ccc3C2)cc1. The molecule has 3 aromatic carbocycles. The first-order valence-corrected chi connectivity index (χ1v) is 8.74. The van der Waals surface area contributed by atoms with Gasteiger partial charge >= 0.3 is 0 Å². The van der Waals surface area contributed by atoms with Crippen molar-refractivity contribution in [3.63, 3.8) is 0 Å². The predicted molar refractivity (Wildman–Crippen MR) is 97.7 cm³/mol. The average Bonchev–Trinajstić information content (AvgIpc) is 2.64. The number of aryl methyl sites for hydroxylation is 2. The van der Waals surface area contributed by atoms with Crippen molar-refractivity contribution in [3.05, 3.63) is 94.6 Å². The number of halogens is 2. The minimum absolute atomic E-state index is 0.558. The van der Waals surface area contributed by atoms with Crippen LogP contribution in [-0.4, -0.2) is 0 Å². The van der Waals surface area contributed by atoms with E-state index < -0.39 is 11.6 Å². The molecule has 25 heavy (non-hydrogen) atoms. The molecule has 0 aromatic heterocycles. The highest BCUT2D eigenvalue weighted by atomic mass is 19.2. The molecular weight excluding hydrogens is 314 g/mol. The second-order valence-electron chi connectivity index (χ2n) is 6.96. The number of benzene rings is 3. The molecule has 1 aliphatic carbocycles. The van der Waals surface area contributed by atoms with E-state index in [2.05, 4.69) is 43.3 Å². The Balaban J connectivity index is 1.60. The summed E-state index contributed by atoms with van der Waals surface area (Å²) >= 11 is 0. The topological polar surface area (TPSA) is 0 Å². The summed E-state index contributed by atoms with van der Waals surface area (Å²) < 4.78 is 26.6. The summed E-state index contributed by atoms with van der Waals surface area (Å²) in [6.07, 6.45) is 3.18. The van der Waals surface area contributed by atoms with Crippen LogP contribution in [0.4, 0.5) is 8.78 Å². The molecule has 0 saturated carbocycles. The van der Waals surface area contributed by atoms with Gasteiger partial charge in [-0.2, -0.15) is 0 Å². The Hall–Kier alpha value is -2.48. The summed E-state index contributed by atoms with van der Waals surface area (Å²) in [4.78, 5) is 0. The van der Waals surface area contributed by atoms with E-state index in [1.165, 1.54) is 34.4 Å². The van der Waals surface area contributed by atoms with Crippen LogP contribution in [0.1, 0.15) is 34.6 Å². The van der Waals surface area contributed by atoms with E-state index in [9.17, 15) is 8.78 Å². The van der Waals surface area contributed by atoms with Crippen LogP contribution in [0.15, 0.2) is 60.7 Å². The van der Waals surface area contributed by atoms with E-state index >= 15 is 0 Å². The lowest BCUT2D eigenvalue weighted by Gasteiger charge is -2.25. The summed E-state index contributed by atoms with van der Waals surface area (Å²) in [5.41, 5.74) is 7.06. The third kappa shape index (κ3) is 3.21. The summed E-state index contributed by atoms with van der Waals surface area (Å²) in [6, 6.07) is 19.2. The normalized spacial score (nSPS) is 16.5. The standard InChI is InChI=1S/C23H20F2/c1-15-2-4-16(5-3-15)17-6-7-19-13-20(9-8-18(19)12-17)21-10-11-22(24)23(25)14-21/h2-5,8-11,13-14,17H,6-7,12H2,1H3. The van der Waals surface area contributed by atoms with Crippen LogP contribution >= 0.6 is 0 Å². The Bertz CT molecular complexity index is 910. The predicted octanol–water partition coefficient (Wildman–Crippen LogP) is 6.21. The van der Waals surface area contributed by atoms with Gasteiger partial charge in [0.15, 0.2) is 11.6 Å². The van der Waals surface area contributed by atoms with Crippen LogP contribution < -0.4 is 0 Å². The molecule has 0 spiro atoms. The average molecular weight is 334 g/mol. The first-order valence-electron chi connectivity index (χ1n) is 8.74. The van der Waals surface area contributed by atoms with Crippen LogP contribution in [0.2, 0.25) is 0 Å². The molecule has 0 aliphatic heterocycles. The molecule has 4 rings (SSSR count). The van der Waals surface area contributed by atoms with Crippen molar-refractivity contribution in [1.82, 2.24) is 0 Å². The largest absolute Gasteiger partial charge is 0.204 e. The second kappa shape index (κ2) is 6.44. The van der Waals surface area contributed by atoms with Gasteiger partial charge in [-0.15, -0.1) is 0 Å². The molecule has 1 aliphatic rings. The van der Waals surface area contributed by atoms with Crippen molar-refractivity contribution >= 4 is 0 Å². The molecule has 3 aromatic rings. The molecule has 0 saturated heterocycles. The van der Waals surface area contributed by atoms with E-state index in [0.717, 1.165) is 30.4 Å². The molecule has 0 radical (unpaired) electrons. The van der Waals surface area contributed by atoms with Crippen molar-refractivity contribution in [3.8, 4) is 11.1 Å². The number of hydrogen-bond donors (Lipinski definition) is 0. The minimum atomic E-state index is -0.803. The van der Waals surface area contributed by atoms with Crippen molar-refractivity contribution in [2.24, 2.45) is 0 Å². The third-order valence-electron chi connectivity index (χ3n) is 5.24. The lowest BCUT2D eigenvalue weighted by molar-refractivity contribution is 0.509. The number of hydrogen-bond acceptors (Lipinski definition) is 0. The highest BCUT2D eigenvalue weighted by Crippen LogP contribution is 2.35. The zero-order chi connectivity index (χ0) is 17.4. The Labute approximate surface area is 147 Å². The van der Waals surface area contributed by atoms with Crippen molar-refractivity contribution in [2.75, 3.05) is 0 Å². The van der Waals surface area contributed by atoms with E-state index in [0.29, 0.717) is 5.92 Å². The van der Waals surface area contributed by atoms with Crippen molar-refractivity contribution in [1.29, 1.82) is 0 Å². The summed E-state index contributed by atoms with van der Waals surface area (Å²) in [5, 5.41) is 0. The minimum Gasteiger partial charge on any atom is -0.204 e. The molecule has 0 bridgehead atoms. The first-order chi connectivity index (χ1) is 12.1. The van der Waals surface area contributed by atoms with Crippen molar-refractivity contribution in [2.45, 2.75) is 32.1 Å². The van der Waals surface area contributed by atoms with Crippen LogP contribution in [0.3, 0.4) is 0 Å². The van der Waals surface area contributed by atoms with Crippen LogP contribution in [0.25, 0.3) is 11.1 Å². The van der Waals surface area contributed by atoms with Crippen LogP contribution in [-0.2, 0) is 12.8 Å². The molecule has 0 N–H and O–H groups in total. The third-order valence-corrected chi connectivity index (χ3v) is 5.24. The van der Waals surface area contributed by atoms with Crippen LogP contribution in [0.5, 0.6) is 0 Å². The van der Waals surface area contributed by atoms with Gasteiger partial charge in [0, 0.05) is 0 Å². The summed E-state index contributed by atoms with van der Waals surface area (Å²) in [7, 11) is 0. The van der Waals surface area contributed by atoms with E-state index in [-0.39, 0.29) is 0 Å². The molecule has 2 heteroatoms. The Morgan fingerprint density at radius 1 is 0.760 bits per heavy atom. The zero-order valence-corrected chi connectivity index (χ0v) is 14.2. The quantitative estimate of drug-likeness (QED) is 0.522. The highest BCUT2D eigenvalue weighted by molar-refractivity contribution is 5.65. The fourth-order valence-electron chi connectivity index (χ4n) is 3.73. The first kappa shape index (κ1) is 16.0. The second-order valence-corrected chi connectivity index (χ2v) is 6.96. The maximum Gasteiger partial charge on any atom is 0.159 e. The Morgan fingerprint density at radius 2 is 1.48 bits per heavy atom. The zero-order valence-electron chi connectivity index (χ0n) is 14.2. The molecular formula is C23H20F2. The van der Waals surface area contributed by atoms with E-state index in [1.54, 1.807) is 6.07 Å². The number of fused-ring (bicyclic) bond motifs is 1. The van der Waals surface area contributed by atoms with Crippen molar-refractivity contribution < 1.29 is 8.78 Å².